The molecule has 1 aliphatic rings. The molecule has 1 aliphatic carbocycles. The molecule has 1 fully saturated rings. The van der Waals surface area contributed by atoms with Crippen LogP contribution >= 0.6 is 11.6 Å². The van der Waals surface area contributed by atoms with Crippen LogP contribution in [0.15, 0.2) is 77.7 Å². The maximum atomic E-state index is 13.1. The van der Waals surface area contributed by atoms with E-state index in [1.807, 2.05) is 6.07 Å². The molecule has 6 nitrogen and oxygen atoms in total. The van der Waals surface area contributed by atoms with Crippen LogP contribution in [0.5, 0.6) is 0 Å². The van der Waals surface area contributed by atoms with Gasteiger partial charge in [0.25, 0.3) is 5.91 Å². The summed E-state index contributed by atoms with van der Waals surface area (Å²) in [6, 6.07) is 19.3. The second-order valence-corrected chi connectivity index (χ2v) is 11.1. The predicted molar refractivity (Wildman–Crippen MR) is 138 cm³/mol. The molecule has 0 saturated heterocycles. The number of rotatable bonds is 7. The van der Waals surface area contributed by atoms with Gasteiger partial charge in [-0.3, -0.25) is 9.59 Å². The Morgan fingerprint density at radius 3 is 2.20 bits per heavy atom. The van der Waals surface area contributed by atoms with Gasteiger partial charge < -0.3 is 5.32 Å². The molecule has 1 amide bonds. The van der Waals surface area contributed by atoms with Gasteiger partial charge in [-0.1, -0.05) is 61.2 Å². The Hall–Kier alpha value is -3.00. The highest BCUT2D eigenvalue weighted by Crippen LogP contribution is 2.27. The van der Waals surface area contributed by atoms with Gasteiger partial charge in [-0.05, 0) is 55.3 Å². The van der Waals surface area contributed by atoms with E-state index in [1.54, 1.807) is 43.4 Å². The zero-order valence-electron chi connectivity index (χ0n) is 19.4. The number of benzene rings is 3. The summed E-state index contributed by atoms with van der Waals surface area (Å²) in [6.45, 7) is 0. The maximum Gasteiger partial charge on any atom is 0.255 e. The van der Waals surface area contributed by atoms with Gasteiger partial charge in [-0.2, -0.15) is 4.31 Å². The van der Waals surface area contributed by atoms with Crippen molar-refractivity contribution >= 4 is 39.0 Å². The topological polar surface area (TPSA) is 83.6 Å². The summed E-state index contributed by atoms with van der Waals surface area (Å²) in [6.07, 6.45) is 4.93. The predicted octanol–water partition coefficient (Wildman–Crippen LogP) is 5.78. The summed E-state index contributed by atoms with van der Waals surface area (Å²) in [5, 5.41) is 3.13. The van der Waals surface area contributed by atoms with E-state index < -0.39 is 15.9 Å². The van der Waals surface area contributed by atoms with Crippen molar-refractivity contribution in [1.82, 2.24) is 4.31 Å². The highest BCUT2D eigenvalue weighted by Gasteiger charge is 2.29. The van der Waals surface area contributed by atoms with E-state index in [0.717, 1.165) is 32.1 Å². The van der Waals surface area contributed by atoms with Gasteiger partial charge in [-0.15, -0.1) is 0 Å². The number of ketones is 1. The molecule has 0 aromatic heterocycles. The number of nitrogens with one attached hydrogen (secondary N) is 1. The molecule has 0 aliphatic heterocycles. The largest absolute Gasteiger partial charge is 0.321 e. The van der Waals surface area contributed by atoms with Crippen molar-refractivity contribution in [3.05, 3.63) is 94.5 Å². The number of amides is 1. The first-order valence-electron chi connectivity index (χ1n) is 11.6. The average molecular weight is 511 g/mol. The Morgan fingerprint density at radius 2 is 1.54 bits per heavy atom. The fourth-order valence-corrected chi connectivity index (χ4v) is 5.93. The van der Waals surface area contributed by atoms with Gasteiger partial charge in [0.1, 0.15) is 0 Å². The molecule has 3 aromatic carbocycles. The first-order chi connectivity index (χ1) is 16.8. The molecular weight excluding hydrogens is 484 g/mol. The van der Waals surface area contributed by atoms with E-state index in [1.165, 1.54) is 34.6 Å². The van der Waals surface area contributed by atoms with Gasteiger partial charge in [0.2, 0.25) is 10.0 Å². The van der Waals surface area contributed by atoms with Gasteiger partial charge in [0.15, 0.2) is 5.78 Å². The molecule has 0 bridgehead atoms. The highest BCUT2D eigenvalue weighted by molar-refractivity contribution is 7.89. The number of carbonyl (C=O) groups is 2. The lowest BCUT2D eigenvalue weighted by atomic mass is 9.96. The molecule has 0 spiro atoms. The number of carbonyl (C=O) groups excluding carboxylic acids is 2. The van der Waals surface area contributed by atoms with Crippen molar-refractivity contribution in [1.29, 1.82) is 0 Å². The van der Waals surface area contributed by atoms with Crippen LogP contribution in [0.4, 0.5) is 5.69 Å². The fourth-order valence-electron chi connectivity index (χ4n) is 4.34. The minimum atomic E-state index is -3.65. The summed E-state index contributed by atoms with van der Waals surface area (Å²) in [5.74, 6) is -0.727. The average Bonchev–Trinajstić information content (AvgIpc) is 2.89. The Balaban J connectivity index is 1.53. The summed E-state index contributed by atoms with van der Waals surface area (Å²) in [5.41, 5.74) is 1.34. The van der Waals surface area contributed by atoms with Crippen LogP contribution in [-0.4, -0.2) is 37.5 Å². The van der Waals surface area contributed by atoms with Crippen molar-refractivity contribution in [2.24, 2.45) is 0 Å². The summed E-state index contributed by atoms with van der Waals surface area (Å²) < 4.78 is 27.6. The molecule has 0 atom stereocenters. The Kier molecular flexibility index (Phi) is 7.69. The zero-order valence-corrected chi connectivity index (χ0v) is 21.0. The van der Waals surface area contributed by atoms with Gasteiger partial charge in [-0.25, -0.2) is 8.42 Å². The molecule has 3 aromatic rings. The minimum Gasteiger partial charge on any atom is -0.321 e. The first kappa shape index (κ1) is 25.1. The van der Waals surface area contributed by atoms with E-state index in [4.69, 9.17) is 11.6 Å². The zero-order chi connectivity index (χ0) is 25.0. The number of anilines is 1. The minimum absolute atomic E-state index is 0.00204. The van der Waals surface area contributed by atoms with Gasteiger partial charge in [0, 0.05) is 34.8 Å². The van der Waals surface area contributed by atoms with Crippen molar-refractivity contribution in [2.45, 2.75) is 43.0 Å². The number of hydrogen-bond donors (Lipinski definition) is 1. The molecule has 8 heteroatoms. The Morgan fingerprint density at radius 1 is 0.886 bits per heavy atom. The van der Waals surface area contributed by atoms with Crippen LogP contribution in [0.25, 0.3) is 0 Å². The molecule has 182 valence electrons. The molecular formula is C27H27ClN2O4S. The van der Waals surface area contributed by atoms with Gasteiger partial charge in [0.05, 0.1) is 10.6 Å². The monoisotopic (exact) mass is 510 g/mol. The Bertz CT molecular complexity index is 1320. The van der Waals surface area contributed by atoms with E-state index in [9.17, 15) is 18.0 Å². The van der Waals surface area contributed by atoms with Crippen LogP contribution in [0.2, 0.25) is 5.02 Å². The second kappa shape index (κ2) is 10.7. The number of nitrogens with zero attached hydrogens (tertiary/aromatic N) is 1. The molecule has 1 saturated carbocycles. The lowest BCUT2D eigenvalue weighted by Gasteiger charge is -2.30. The third-order valence-electron chi connectivity index (χ3n) is 6.39. The number of halogens is 1. The van der Waals surface area contributed by atoms with Crippen LogP contribution in [0.3, 0.4) is 0 Å². The van der Waals surface area contributed by atoms with E-state index in [0.29, 0.717) is 16.3 Å². The Labute approximate surface area is 211 Å². The second-order valence-electron chi connectivity index (χ2n) is 8.68. The number of hydrogen-bond acceptors (Lipinski definition) is 4. The van der Waals surface area contributed by atoms with Crippen molar-refractivity contribution in [2.75, 3.05) is 12.4 Å². The molecule has 35 heavy (non-hydrogen) atoms. The summed E-state index contributed by atoms with van der Waals surface area (Å²) in [7, 11) is -2.03. The number of sulfonamides is 1. The van der Waals surface area contributed by atoms with Crippen LogP contribution in [0, 0.1) is 0 Å². The molecule has 0 heterocycles. The molecule has 1 N–H and O–H groups in total. The van der Waals surface area contributed by atoms with Crippen LogP contribution in [0.1, 0.15) is 58.4 Å². The first-order valence-corrected chi connectivity index (χ1v) is 13.4. The molecule has 4 rings (SSSR count). The molecule has 0 radical (unpaired) electrons. The normalized spacial score (nSPS) is 14.6. The van der Waals surface area contributed by atoms with Crippen LogP contribution < -0.4 is 5.32 Å². The highest BCUT2D eigenvalue weighted by atomic mass is 35.5. The fraction of sp³-hybridized carbons (Fsp3) is 0.259. The quantitative estimate of drug-likeness (QED) is 0.408. The van der Waals surface area contributed by atoms with E-state index in [-0.39, 0.29) is 27.8 Å². The smallest absolute Gasteiger partial charge is 0.255 e. The SMILES string of the molecule is CN(C1CCCCC1)S(=O)(=O)c1ccc(C(=O)Nc2ccc(Cl)cc2C(=O)c2ccccc2)cc1. The lowest BCUT2D eigenvalue weighted by Crippen LogP contribution is -2.38. The lowest BCUT2D eigenvalue weighted by molar-refractivity contribution is 0.102. The summed E-state index contributed by atoms with van der Waals surface area (Å²) in [4.78, 5) is 26.1. The third kappa shape index (κ3) is 5.64. The van der Waals surface area contributed by atoms with Crippen LogP contribution in [-0.2, 0) is 10.0 Å². The van der Waals surface area contributed by atoms with Crippen molar-refractivity contribution in [3.63, 3.8) is 0 Å². The van der Waals surface area contributed by atoms with Crippen molar-refractivity contribution < 1.29 is 18.0 Å². The molecule has 0 unspecified atom stereocenters. The third-order valence-corrected chi connectivity index (χ3v) is 8.55. The summed E-state index contributed by atoms with van der Waals surface area (Å²) >= 11 is 6.12. The van der Waals surface area contributed by atoms with Gasteiger partial charge >= 0.3 is 0 Å². The standard InChI is InChI=1S/C27H27ClN2O4S/c1-30(22-10-6-3-7-11-22)35(33,34)23-15-12-20(13-16-23)27(32)29-25-17-14-21(28)18-24(25)26(31)19-8-4-2-5-9-19/h2,4-5,8-9,12-18,22H,3,6-7,10-11H2,1H3,(H,29,32). The maximum absolute atomic E-state index is 13.1. The van der Waals surface area contributed by atoms with E-state index >= 15 is 0 Å². The van der Waals surface area contributed by atoms with E-state index in [2.05, 4.69) is 5.32 Å². The van der Waals surface area contributed by atoms with Crippen molar-refractivity contribution in [3.8, 4) is 0 Å².